The number of fused-ring (bicyclic) bond motifs is 1. The Morgan fingerprint density at radius 1 is 1.33 bits per heavy atom. The average molecular weight is 279 g/mol. The van der Waals surface area contributed by atoms with Gasteiger partial charge in [-0.1, -0.05) is 48.6 Å². The van der Waals surface area contributed by atoms with Gasteiger partial charge in [-0.15, -0.1) is 0 Å². The summed E-state index contributed by atoms with van der Waals surface area (Å²) in [4.78, 5) is 0. The Kier molecular flexibility index (Phi) is 3.59. The molecule has 0 saturated carbocycles. The van der Waals surface area contributed by atoms with E-state index in [1.807, 2.05) is 0 Å². The van der Waals surface area contributed by atoms with E-state index in [-0.39, 0.29) is 0 Å². The van der Waals surface area contributed by atoms with Gasteiger partial charge in [-0.3, -0.25) is 4.67 Å². The molecule has 4 heteroatoms. The van der Waals surface area contributed by atoms with E-state index in [0.29, 0.717) is 15.1 Å². The van der Waals surface area contributed by atoms with Gasteiger partial charge in [0.25, 0.3) is 0 Å². The molecule has 3 atom stereocenters. The molecule has 0 aromatic heterocycles. The van der Waals surface area contributed by atoms with Gasteiger partial charge in [0, 0.05) is 12.6 Å². The molecule has 0 N–H and O–H groups in total. The van der Waals surface area contributed by atoms with E-state index in [0.717, 1.165) is 6.04 Å². The van der Waals surface area contributed by atoms with Crippen LogP contribution in [0.1, 0.15) is 12.8 Å². The lowest BCUT2D eigenvalue weighted by molar-refractivity contribution is 0.232. The van der Waals surface area contributed by atoms with Crippen LogP contribution in [0.2, 0.25) is 19.1 Å². The summed E-state index contributed by atoms with van der Waals surface area (Å²) in [6.45, 7) is 6.21. The fraction of sp³-hybridized carbons (Fsp3) is 0.571. The molecule has 1 unspecified atom stereocenters. The summed E-state index contributed by atoms with van der Waals surface area (Å²) in [5.74, 6) is 0. The molecule has 2 aliphatic rings. The standard InChI is InChI=1S/C14H22NOPSi/c1-18(2,12-7-4-3-5-8-12)11-14-13-9-6-10-15(13)17-16-14/h3-5,7-8,13-14,17H,6,9-11H2,1-2H3/t13-,14+/m0/s1. The lowest BCUT2D eigenvalue weighted by atomic mass is 10.1. The van der Waals surface area contributed by atoms with Gasteiger partial charge < -0.3 is 4.52 Å². The topological polar surface area (TPSA) is 12.5 Å². The van der Waals surface area contributed by atoms with Crippen LogP contribution >= 0.6 is 8.96 Å². The second-order valence-electron chi connectivity index (χ2n) is 6.10. The summed E-state index contributed by atoms with van der Waals surface area (Å²) in [5, 5.41) is 1.56. The van der Waals surface area contributed by atoms with Crippen LogP contribution in [0.3, 0.4) is 0 Å². The highest BCUT2D eigenvalue weighted by Gasteiger charge is 2.41. The number of hydrogen-bond acceptors (Lipinski definition) is 2. The van der Waals surface area contributed by atoms with Gasteiger partial charge in [0.15, 0.2) is 0 Å². The van der Waals surface area contributed by atoms with E-state index in [9.17, 15) is 0 Å². The van der Waals surface area contributed by atoms with Crippen LogP contribution in [-0.2, 0) is 4.52 Å². The van der Waals surface area contributed by atoms with Gasteiger partial charge in [-0.05, 0) is 18.9 Å². The van der Waals surface area contributed by atoms with Crippen molar-refractivity contribution in [2.75, 3.05) is 6.54 Å². The van der Waals surface area contributed by atoms with Gasteiger partial charge in [0.2, 0.25) is 0 Å². The van der Waals surface area contributed by atoms with E-state index in [1.165, 1.54) is 25.4 Å². The van der Waals surface area contributed by atoms with Crippen LogP contribution in [0.4, 0.5) is 0 Å². The molecule has 2 saturated heterocycles. The summed E-state index contributed by atoms with van der Waals surface area (Å²) in [7, 11) is -0.730. The van der Waals surface area contributed by atoms with Crippen molar-refractivity contribution in [1.82, 2.24) is 4.67 Å². The van der Waals surface area contributed by atoms with E-state index in [4.69, 9.17) is 4.52 Å². The van der Waals surface area contributed by atoms with Crippen LogP contribution < -0.4 is 5.19 Å². The fourth-order valence-electron chi connectivity index (χ4n) is 3.19. The minimum absolute atomic E-state index is 0.493. The lowest BCUT2D eigenvalue weighted by Crippen LogP contribution is -2.46. The van der Waals surface area contributed by atoms with E-state index in [2.05, 4.69) is 48.1 Å². The molecule has 18 heavy (non-hydrogen) atoms. The van der Waals surface area contributed by atoms with Crippen molar-refractivity contribution in [3.8, 4) is 0 Å². The molecule has 3 rings (SSSR count). The predicted molar refractivity (Wildman–Crippen MR) is 81.3 cm³/mol. The molecule has 0 aliphatic carbocycles. The molecule has 0 bridgehead atoms. The van der Waals surface area contributed by atoms with Crippen molar-refractivity contribution in [3.05, 3.63) is 30.3 Å². The predicted octanol–water partition coefficient (Wildman–Crippen LogP) is 2.97. The molecule has 0 spiro atoms. The first-order valence-electron chi connectivity index (χ1n) is 6.90. The highest BCUT2D eigenvalue weighted by molar-refractivity contribution is 7.29. The zero-order chi connectivity index (χ0) is 12.6. The van der Waals surface area contributed by atoms with Crippen molar-refractivity contribution >= 4 is 22.2 Å². The summed E-state index contributed by atoms with van der Waals surface area (Å²) in [5.41, 5.74) is 0. The van der Waals surface area contributed by atoms with E-state index < -0.39 is 8.07 Å². The third kappa shape index (κ3) is 2.42. The Bertz CT molecular complexity index is 412. The number of rotatable bonds is 3. The zero-order valence-corrected chi connectivity index (χ0v) is 13.2. The van der Waals surface area contributed by atoms with Crippen LogP contribution in [0.25, 0.3) is 0 Å². The highest BCUT2D eigenvalue weighted by atomic mass is 31.1. The third-order valence-electron chi connectivity index (χ3n) is 4.32. The molecular formula is C14H22NOPSi. The SMILES string of the molecule is C[Si](C)(C[C@H]1OPN2CCC[C@@H]12)c1ccccc1. The van der Waals surface area contributed by atoms with Gasteiger partial charge in [0.1, 0.15) is 0 Å². The molecule has 1 aromatic rings. The molecule has 1 aromatic carbocycles. The summed E-state index contributed by atoms with van der Waals surface area (Å²) in [6.07, 6.45) is 3.20. The minimum atomic E-state index is -1.35. The molecule has 2 aliphatic heterocycles. The van der Waals surface area contributed by atoms with Crippen molar-refractivity contribution < 1.29 is 4.52 Å². The normalized spacial score (nSPS) is 29.9. The maximum Gasteiger partial charge on any atom is 0.0897 e. The summed E-state index contributed by atoms with van der Waals surface area (Å²) >= 11 is 0. The van der Waals surface area contributed by atoms with Crippen molar-refractivity contribution in [2.45, 2.75) is 44.1 Å². The highest BCUT2D eigenvalue weighted by Crippen LogP contribution is 2.44. The third-order valence-corrected chi connectivity index (χ3v) is 8.83. The maximum absolute atomic E-state index is 6.07. The van der Waals surface area contributed by atoms with E-state index in [1.54, 1.807) is 5.19 Å². The number of hydrogen-bond donors (Lipinski definition) is 0. The molecule has 2 heterocycles. The molecule has 0 amide bonds. The van der Waals surface area contributed by atoms with Gasteiger partial charge in [0.05, 0.1) is 23.1 Å². The number of nitrogens with zero attached hydrogens (tertiary/aromatic N) is 1. The van der Waals surface area contributed by atoms with Gasteiger partial charge >= 0.3 is 0 Å². The van der Waals surface area contributed by atoms with Gasteiger partial charge in [-0.25, -0.2) is 0 Å². The monoisotopic (exact) mass is 279 g/mol. The summed E-state index contributed by atoms with van der Waals surface area (Å²) < 4.78 is 8.62. The minimum Gasteiger partial charge on any atom is -0.342 e. The smallest absolute Gasteiger partial charge is 0.0897 e. The zero-order valence-electron chi connectivity index (χ0n) is 11.2. The van der Waals surface area contributed by atoms with Crippen LogP contribution in [0.5, 0.6) is 0 Å². The maximum atomic E-state index is 6.07. The van der Waals surface area contributed by atoms with Crippen LogP contribution in [-0.4, -0.2) is 31.4 Å². The molecular weight excluding hydrogens is 257 g/mol. The Morgan fingerprint density at radius 3 is 2.89 bits per heavy atom. The molecule has 2 nitrogen and oxygen atoms in total. The second kappa shape index (κ2) is 5.05. The average Bonchev–Trinajstić information content (AvgIpc) is 2.95. The number of benzene rings is 1. The fourth-order valence-corrected chi connectivity index (χ4v) is 7.24. The Balaban J connectivity index is 1.72. The molecule has 98 valence electrons. The Hall–Kier alpha value is -0.213. The quantitative estimate of drug-likeness (QED) is 0.623. The van der Waals surface area contributed by atoms with Crippen molar-refractivity contribution in [1.29, 1.82) is 0 Å². The van der Waals surface area contributed by atoms with Crippen LogP contribution in [0, 0.1) is 0 Å². The molecule has 2 fully saturated rings. The van der Waals surface area contributed by atoms with Crippen LogP contribution in [0.15, 0.2) is 30.3 Å². The summed E-state index contributed by atoms with van der Waals surface area (Å²) in [6, 6.07) is 13.0. The van der Waals surface area contributed by atoms with Crippen molar-refractivity contribution in [3.63, 3.8) is 0 Å². The largest absolute Gasteiger partial charge is 0.342 e. The van der Waals surface area contributed by atoms with Crippen molar-refractivity contribution in [2.24, 2.45) is 0 Å². The Labute approximate surface area is 113 Å². The second-order valence-corrected chi connectivity index (χ2v) is 11.9. The molecule has 0 radical (unpaired) electrons. The lowest BCUT2D eigenvalue weighted by Gasteiger charge is -2.28. The first-order chi connectivity index (χ1) is 8.67. The van der Waals surface area contributed by atoms with E-state index >= 15 is 0 Å². The van der Waals surface area contributed by atoms with Gasteiger partial charge in [-0.2, -0.15) is 0 Å². The first-order valence-corrected chi connectivity index (χ1v) is 11.0. The first kappa shape index (κ1) is 12.8. The Morgan fingerprint density at radius 2 is 2.11 bits per heavy atom.